The van der Waals surface area contributed by atoms with Crippen molar-refractivity contribution in [2.75, 3.05) is 7.11 Å². The molecular formula is C21H22FN7O. The highest BCUT2D eigenvalue weighted by Gasteiger charge is 2.18. The maximum atomic E-state index is 13.2. The molecule has 0 bridgehead atoms. The molecule has 4 heterocycles. The number of hydrogen-bond donors (Lipinski definition) is 0. The molecule has 0 aliphatic heterocycles. The largest absolute Gasteiger partial charge is 0.493 e. The standard InChI is InChI=1S/C21H22FN7O/c1-12-18(27-28(4)20(12)17-7-6-15(22)10-23-17)8-16-9-19(25-11-24-16)29-14(3)21(30-5)13(2)26-29/h6-7,9-11H,8H2,1-5H3. The van der Waals surface area contributed by atoms with E-state index in [9.17, 15) is 4.39 Å². The van der Waals surface area contributed by atoms with Crippen molar-refractivity contribution in [3.05, 3.63) is 64.9 Å². The Morgan fingerprint density at radius 1 is 1.07 bits per heavy atom. The van der Waals surface area contributed by atoms with Crippen molar-refractivity contribution in [3.8, 4) is 23.0 Å². The molecule has 154 valence electrons. The minimum absolute atomic E-state index is 0.368. The fourth-order valence-corrected chi connectivity index (χ4v) is 3.64. The number of nitrogens with zero attached hydrogens (tertiary/aromatic N) is 7. The van der Waals surface area contributed by atoms with Crippen molar-refractivity contribution in [1.82, 2.24) is 34.5 Å². The third-order valence-corrected chi connectivity index (χ3v) is 5.06. The second kappa shape index (κ2) is 7.66. The van der Waals surface area contributed by atoms with Gasteiger partial charge in [-0.1, -0.05) is 0 Å². The molecule has 0 spiro atoms. The van der Waals surface area contributed by atoms with Gasteiger partial charge >= 0.3 is 0 Å². The summed E-state index contributed by atoms with van der Waals surface area (Å²) in [5.41, 5.74) is 5.85. The van der Waals surface area contributed by atoms with Crippen LogP contribution in [-0.2, 0) is 13.5 Å². The van der Waals surface area contributed by atoms with E-state index in [0.29, 0.717) is 17.9 Å². The fraction of sp³-hybridized carbons (Fsp3) is 0.286. The normalized spacial score (nSPS) is 11.1. The summed E-state index contributed by atoms with van der Waals surface area (Å²) < 4.78 is 22.2. The quantitative estimate of drug-likeness (QED) is 0.505. The van der Waals surface area contributed by atoms with Gasteiger partial charge in [-0.15, -0.1) is 0 Å². The molecule has 8 nitrogen and oxygen atoms in total. The monoisotopic (exact) mass is 407 g/mol. The van der Waals surface area contributed by atoms with Crippen molar-refractivity contribution in [3.63, 3.8) is 0 Å². The molecule has 0 fully saturated rings. The predicted octanol–water partition coefficient (Wildman–Crippen LogP) is 3.12. The molecule has 4 aromatic heterocycles. The summed E-state index contributed by atoms with van der Waals surface area (Å²) in [6, 6.07) is 4.94. The summed E-state index contributed by atoms with van der Waals surface area (Å²) in [6.07, 6.45) is 3.25. The van der Waals surface area contributed by atoms with E-state index in [1.807, 2.05) is 33.9 Å². The summed E-state index contributed by atoms with van der Waals surface area (Å²) in [7, 11) is 3.48. The lowest BCUT2D eigenvalue weighted by Crippen LogP contribution is -2.05. The molecule has 0 amide bonds. The number of aromatic nitrogens is 7. The molecule has 0 aliphatic carbocycles. The molecule has 30 heavy (non-hydrogen) atoms. The van der Waals surface area contributed by atoms with Gasteiger partial charge in [0.2, 0.25) is 0 Å². The van der Waals surface area contributed by atoms with Crippen molar-refractivity contribution in [2.45, 2.75) is 27.2 Å². The molecule has 0 atom stereocenters. The van der Waals surface area contributed by atoms with Crippen LogP contribution in [0.3, 0.4) is 0 Å². The number of ether oxygens (including phenoxy) is 1. The van der Waals surface area contributed by atoms with Gasteiger partial charge in [-0.25, -0.2) is 19.0 Å². The molecule has 0 unspecified atom stereocenters. The van der Waals surface area contributed by atoms with Crippen molar-refractivity contribution < 1.29 is 9.13 Å². The number of hydrogen-bond acceptors (Lipinski definition) is 6. The van der Waals surface area contributed by atoms with Gasteiger partial charge in [0.15, 0.2) is 11.6 Å². The average Bonchev–Trinajstić information content (AvgIpc) is 3.17. The first-order chi connectivity index (χ1) is 14.4. The van der Waals surface area contributed by atoms with Gasteiger partial charge in [0.05, 0.1) is 41.8 Å². The van der Waals surface area contributed by atoms with Gasteiger partial charge < -0.3 is 4.74 Å². The lowest BCUT2D eigenvalue weighted by Gasteiger charge is -2.06. The minimum Gasteiger partial charge on any atom is -0.493 e. The van der Waals surface area contributed by atoms with Gasteiger partial charge in [0.25, 0.3) is 0 Å². The van der Waals surface area contributed by atoms with Crippen LogP contribution in [0.1, 0.15) is 28.3 Å². The van der Waals surface area contributed by atoms with Crippen LogP contribution in [0.15, 0.2) is 30.7 Å². The lowest BCUT2D eigenvalue weighted by atomic mass is 10.1. The maximum absolute atomic E-state index is 13.2. The summed E-state index contributed by atoms with van der Waals surface area (Å²) in [6.45, 7) is 5.81. The zero-order valence-corrected chi connectivity index (χ0v) is 17.5. The molecular weight excluding hydrogens is 385 g/mol. The molecule has 0 aliphatic rings. The van der Waals surface area contributed by atoms with Crippen LogP contribution in [-0.4, -0.2) is 41.6 Å². The average molecular weight is 407 g/mol. The second-order valence-corrected chi connectivity index (χ2v) is 7.07. The zero-order chi connectivity index (χ0) is 21.4. The first-order valence-electron chi connectivity index (χ1n) is 9.45. The molecule has 4 aromatic rings. The minimum atomic E-state index is -0.368. The Morgan fingerprint density at radius 3 is 2.53 bits per heavy atom. The van der Waals surface area contributed by atoms with Crippen molar-refractivity contribution >= 4 is 0 Å². The SMILES string of the molecule is COc1c(C)nn(-c2cc(Cc3nn(C)c(-c4ccc(F)cn4)c3C)ncn2)c1C. The molecule has 0 aromatic carbocycles. The molecule has 0 saturated heterocycles. The Hall–Kier alpha value is -3.62. The van der Waals surface area contributed by atoms with Gasteiger partial charge in [0, 0.05) is 25.1 Å². The van der Waals surface area contributed by atoms with Crippen LogP contribution in [0.2, 0.25) is 0 Å². The Labute approximate surface area is 173 Å². The third kappa shape index (κ3) is 3.42. The number of halogens is 1. The maximum Gasteiger partial charge on any atom is 0.163 e. The van der Waals surface area contributed by atoms with Gasteiger partial charge in [-0.3, -0.25) is 9.67 Å². The number of pyridine rings is 1. The summed E-state index contributed by atoms with van der Waals surface area (Å²) in [5, 5.41) is 9.16. The molecule has 0 saturated carbocycles. The lowest BCUT2D eigenvalue weighted by molar-refractivity contribution is 0.408. The van der Waals surface area contributed by atoms with E-state index < -0.39 is 0 Å². The van der Waals surface area contributed by atoms with Gasteiger partial charge in [0.1, 0.15) is 17.8 Å². The van der Waals surface area contributed by atoms with Crippen molar-refractivity contribution in [2.24, 2.45) is 7.05 Å². The van der Waals surface area contributed by atoms with E-state index in [4.69, 9.17) is 4.74 Å². The third-order valence-electron chi connectivity index (χ3n) is 5.06. The van der Waals surface area contributed by atoms with Crippen LogP contribution in [0.5, 0.6) is 5.75 Å². The van der Waals surface area contributed by atoms with Crippen molar-refractivity contribution in [1.29, 1.82) is 0 Å². The molecule has 9 heteroatoms. The highest BCUT2D eigenvalue weighted by Crippen LogP contribution is 2.26. The number of methoxy groups -OCH3 is 1. The van der Waals surface area contributed by atoms with Crippen LogP contribution in [0.25, 0.3) is 17.2 Å². The Bertz CT molecular complexity index is 1210. The van der Waals surface area contributed by atoms with Crippen LogP contribution >= 0.6 is 0 Å². The summed E-state index contributed by atoms with van der Waals surface area (Å²) >= 11 is 0. The Kier molecular flexibility index (Phi) is 5.03. The first-order valence-corrected chi connectivity index (χ1v) is 9.45. The van der Waals surface area contributed by atoms with Crippen LogP contribution in [0, 0.1) is 26.6 Å². The van der Waals surface area contributed by atoms with E-state index in [1.165, 1.54) is 18.6 Å². The van der Waals surface area contributed by atoms with E-state index in [-0.39, 0.29) is 5.82 Å². The van der Waals surface area contributed by atoms with E-state index in [0.717, 1.165) is 39.8 Å². The van der Waals surface area contributed by atoms with Crippen LogP contribution < -0.4 is 4.74 Å². The predicted molar refractivity (Wildman–Crippen MR) is 109 cm³/mol. The Balaban J connectivity index is 1.67. The summed E-state index contributed by atoms with van der Waals surface area (Å²) in [5.74, 6) is 1.04. The molecule has 0 N–H and O–H groups in total. The number of rotatable bonds is 5. The van der Waals surface area contributed by atoms with E-state index in [2.05, 4.69) is 25.1 Å². The molecule has 4 rings (SSSR count). The second-order valence-electron chi connectivity index (χ2n) is 7.07. The van der Waals surface area contributed by atoms with E-state index >= 15 is 0 Å². The Morgan fingerprint density at radius 2 is 1.87 bits per heavy atom. The zero-order valence-electron chi connectivity index (χ0n) is 17.5. The topological polar surface area (TPSA) is 83.5 Å². The molecule has 0 radical (unpaired) electrons. The number of aryl methyl sites for hydroxylation is 2. The smallest absolute Gasteiger partial charge is 0.163 e. The van der Waals surface area contributed by atoms with Crippen LogP contribution in [0.4, 0.5) is 4.39 Å². The van der Waals surface area contributed by atoms with Gasteiger partial charge in [-0.2, -0.15) is 10.2 Å². The first kappa shape index (κ1) is 19.7. The fourth-order valence-electron chi connectivity index (χ4n) is 3.64. The van der Waals surface area contributed by atoms with Gasteiger partial charge in [-0.05, 0) is 32.9 Å². The highest BCUT2D eigenvalue weighted by molar-refractivity contribution is 5.60. The highest BCUT2D eigenvalue weighted by atomic mass is 19.1. The van der Waals surface area contributed by atoms with E-state index in [1.54, 1.807) is 22.5 Å². The summed E-state index contributed by atoms with van der Waals surface area (Å²) in [4.78, 5) is 13.0.